The van der Waals surface area contributed by atoms with E-state index in [-0.39, 0.29) is 5.91 Å². The van der Waals surface area contributed by atoms with Crippen molar-refractivity contribution in [3.05, 3.63) is 63.9 Å². The molecule has 0 saturated carbocycles. The standard InChI is InChI=1S/C21H20ClN5OS/c22-20-18(27-12-13-29-21(27)24-20)6-7-19(28)26-9-1-8-25(10-11-26)15-17-4-2-16(14-23)3-5-17/h2-7,12-13H,1,8-11,15H2/b7-6+. The molecule has 6 nitrogen and oxygen atoms in total. The SMILES string of the molecule is N#Cc1ccc(CN2CCCN(C(=O)/C=C/c3c(Cl)nc4sccn34)CC2)cc1. The summed E-state index contributed by atoms with van der Waals surface area (Å²) in [6.07, 6.45) is 6.16. The maximum Gasteiger partial charge on any atom is 0.246 e. The Labute approximate surface area is 178 Å². The van der Waals surface area contributed by atoms with E-state index in [9.17, 15) is 4.79 Å². The van der Waals surface area contributed by atoms with Crippen LogP contribution >= 0.6 is 22.9 Å². The number of benzene rings is 1. The lowest BCUT2D eigenvalue weighted by Gasteiger charge is -2.21. The summed E-state index contributed by atoms with van der Waals surface area (Å²) < 4.78 is 1.89. The third-order valence-corrected chi connectivity index (χ3v) is 6.06. The number of carbonyl (C=O) groups excluding carboxylic acids is 1. The molecule has 3 heterocycles. The number of amides is 1. The van der Waals surface area contributed by atoms with E-state index >= 15 is 0 Å². The molecular weight excluding hydrogens is 406 g/mol. The molecule has 8 heteroatoms. The molecule has 148 valence electrons. The van der Waals surface area contributed by atoms with Crippen LogP contribution in [0, 0.1) is 11.3 Å². The monoisotopic (exact) mass is 425 g/mol. The summed E-state index contributed by atoms with van der Waals surface area (Å²) in [4.78, 5) is 22.0. The second-order valence-electron chi connectivity index (χ2n) is 6.94. The van der Waals surface area contributed by atoms with Gasteiger partial charge in [-0.05, 0) is 30.2 Å². The maximum atomic E-state index is 12.7. The van der Waals surface area contributed by atoms with Crippen LogP contribution in [0.4, 0.5) is 0 Å². The molecule has 0 atom stereocenters. The van der Waals surface area contributed by atoms with Crippen molar-refractivity contribution in [1.82, 2.24) is 19.2 Å². The van der Waals surface area contributed by atoms with E-state index in [4.69, 9.17) is 16.9 Å². The Kier molecular flexibility index (Phi) is 5.95. The molecule has 1 aliphatic rings. The smallest absolute Gasteiger partial charge is 0.246 e. The van der Waals surface area contributed by atoms with Crippen molar-refractivity contribution >= 4 is 39.9 Å². The Morgan fingerprint density at radius 1 is 1.24 bits per heavy atom. The number of hydrogen-bond acceptors (Lipinski definition) is 5. The van der Waals surface area contributed by atoms with E-state index in [1.54, 1.807) is 12.2 Å². The minimum atomic E-state index is -0.00790. The number of thiazole rings is 1. The molecule has 2 aromatic heterocycles. The lowest BCUT2D eigenvalue weighted by Crippen LogP contribution is -2.34. The number of halogens is 1. The molecule has 0 bridgehead atoms. The molecule has 1 aliphatic heterocycles. The third kappa shape index (κ3) is 4.51. The molecule has 4 rings (SSSR count). The van der Waals surface area contributed by atoms with Crippen molar-refractivity contribution in [2.75, 3.05) is 26.2 Å². The van der Waals surface area contributed by atoms with Gasteiger partial charge < -0.3 is 4.90 Å². The predicted molar refractivity (Wildman–Crippen MR) is 115 cm³/mol. The maximum absolute atomic E-state index is 12.7. The van der Waals surface area contributed by atoms with Gasteiger partial charge in [0.05, 0.1) is 17.3 Å². The van der Waals surface area contributed by atoms with Crippen LogP contribution in [0.1, 0.15) is 23.2 Å². The van der Waals surface area contributed by atoms with Crippen molar-refractivity contribution in [1.29, 1.82) is 5.26 Å². The number of fused-ring (bicyclic) bond motifs is 1. The zero-order valence-electron chi connectivity index (χ0n) is 15.8. The van der Waals surface area contributed by atoms with Crippen LogP contribution in [0.2, 0.25) is 5.15 Å². The highest BCUT2D eigenvalue weighted by atomic mass is 35.5. The molecule has 0 radical (unpaired) electrons. The average molecular weight is 426 g/mol. The van der Waals surface area contributed by atoms with Crippen LogP contribution in [0.15, 0.2) is 41.9 Å². The molecule has 0 N–H and O–H groups in total. The number of aromatic nitrogens is 2. The number of imidazole rings is 1. The summed E-state index contributed by atoms with van der Waals surface area (Å²) in [7, 11) is 0. The van der Waals surface area contributed by atoms with E-state index in [2.05, 4.69) is 16.0 Å². The number of hydrogen-bond donors (Lipinski definition) is 0. The number of nitrogens with zero attached hydrogens (tertiary/aromatic N) is 5. The fourth-order valence-electron chi connectivity index (χ4n) is 3.47. The summed E-state index contributed by atoms with van der Waals surface area (Å²) in [6.45, 7) is 4.01. The van der Waals surface area contributed by atoms with Crippen molar-refractivity contribution in [3.8, 4) is 6.07 Å². The zero-order chi connectivity index (χ0) is 20.2. The topological polar surface area (TPSA) is 64.6 Å². The Balaban J connectivity index is 1.36. The van der Waals surface area contributed by atoms with Crippen LogP contribution in [-0.4, -0.2) is 51.3 Å². The molecule has 1 fully saturated rings. The normalized spacial score (nSPS) is 15.7. The second-order valence-corrected chi connectivity index (χ2v) is 8.17. The fraction of sp³-hybridized carbons (Fsp3) is 0.286. The summed E-state index contributed by atoms with van der Waals surface area (Å²) in [5.74, 6) is -0.00790. The van der Waals surface area contributed by atoms with Gasteiger partial charge in [-0.25, -0.2) is 4.98 Å². The van der Waals surface area contributed by atoms with E-state index < -0.39 is 0 Å². The van der Waals surface area contributed by atoms with Gasteiger partial charge in [-0.3, -0.25) is 14.1 Å². The van der Waals surface area contributed by atoms with E-state index in [0.29, 0.717) is 17.3 Å². The largest absolute Gasteiger partial charge is 0.338 e. The van der Waals surface area contributed by atoms with Crippen molar-refractivity contribution in [2.24, 2.45) is 0 Å². The molecule has 3 aromatic rings. The molecule has 1 amide bonds. The lowest BCUT2D eigenvalue weighted by atomic mass is 10.1. The predicted octanol–water partition coefficient (Wildman–Crippen LogP) is 3.67. The van der Waals surface area contributed by atoms with Gasteiger partial charge in [0, 0.05) is 50.4 Å². The Morgan fingerprint density at radius 3 is 2.86 bits per heavy atom. The van der Waals surface area contributed by atoms with Crippen LogP contribution in [0.25, 0.3) is 11.0 Å². The van der Waals surface area contributed by atoms with Gasteiger partial charge in [-0.1, -0.05) is 23.7 Å². The highest BCUT2D eigenvalue weighted by Gasteiger charge is 2.18. The van der Waals surface area contributed by atoms with Crippen LogP contribution in [0.5, 0.6) is 0 Å². The minimum Gasteiger partial charge on any atom is -0.338 e. The number of nitriles is 1. The van der Waals surface area contributed by atoms with E-state index in [1.807, 2.05) is 45.1 Å². The van der Waals surface area contributed by atoms with Gasteiger partial charge in [0.25, 0.3) is 0 Å². The molecule has 0 unspecified atom stereocenters. The Morgan fingerprint density at radius 2 is 2.07 bits per heavy atom. The molecule has 0 spiro atoms. The van der Waals surface area contributed by atoms with Gasteiger partial charge in [0.2, 0.25) is 5.91 Å². The molecule has 1 saturated heterocycles. The average Bonchev–Trinajstić information content (AvgIpc) is 3.20. The molecular formula is C21H20ClN5OS. The van der Waals surface area contributed by atoms with Gasteiger partial charge in [-0.15, -0.1) is 11.3 Å². The minimum absolute atomic E-state index is 0.00790. The zero-order valence-corrected chi connectivity index (χ0v) is 17.4. The van der Waals surface area contributed by atoms with Crippen molar-refractivity contribution in [3.63, 3.8) is 0 Å². The highest BCUT2D eigenvalue weighted by molar-refractivity contribution is 7.15. The number of rotatable bonds is 4. The summed E-state index contributed by atoms with van der Waals surface area (Å²) in [6, 6.07) is 9.83. The number of carbonyl (C=O) groups is 1. The first-order chi connectivity index (χ1) is 14.1. The van der Waals surface area contributed by atoms with Gasteiger partial charge in [0.15, 0.2) is 10.1 Å². The van der Waals surface area contributed by atoms with Gasteiger partial charge in [0.1, 0.15) is 0 Å². The van der Waals surface area contributed by atoms with Crippen LogP contribution in [0.3, 0.4) is 0 Å². The molecule has 0 aliphatic carbocycles. The first-order valence-electron chi connectivity index (χ1n) is 9.43. The Bertz CT molecular complexity index is 1080. The quantitative estimate of drug-likeness (QED) is 0.598. The van der Waals surface area contributed by atoms with Crippen molar-refractivity contribution < 1.29 is 4.79 Å². The first-order valence-corrected chi connectivity index (χ1v) is 10.7. The molecule has 29 heavy (non-hydrogen) atoms. The van der Waals surface area contributed by atoms with Crippen LogP contribution in [-0.2, 0) is 11.3 Å². The lowest BCUT2D eigenvalue weighted by molar-refractivity contribution is -0.125. The second kappa shape index (κ2) is 8.78. The molecule has 1 aromatic carbocycles. The van der Waals surface area contributed by atoms with Crippen LogP contribution < -0.4 is 0 Å². The summed E-state index contributed by atoms with van der Waals surface area (Å²) >= 11 is 7.70. The van der Waals surface area contributed by atoms with Crippen molar-refractivity contribution in [2.45, 2.75) is 13.0 Å². The first kappa shape index (κ1) is 19.6. The van der Waals surface area contributed by atoms with Gasteiger partial charge >= 0.3 is 0 Å². The summed E-state index contributed by atoms with van der Waals surface area (Å²) in [5, 5.41) is 11.3. The van der Waals surface area contributed by atoms with E-state index in [1.165, 1.54) is 16.9 Å². The van der Waals surface area contributed by atoms with Gasteiger partial charge in [-0.2, -0.15) is 5.26 Å². The van der Waals surface area contributed by atoms with E-state index in [0.717, 1.165) is 43.3 Å². The highest BCUT2D eigenvalue weighted by Crippen LogP contribution is 2.22. The fourth-order valence-corrected chi connectivity index (χ4v) is 4.48. The third-order valence-electron chi connectivity index (χ3n) is 5.03. The Hall–Kier alpha value is -2.66. The summed E-state index contributed by atoms with van der Waals surface area (Å²) in [5.41, 5.74) is 2.58.